The van der Waals surface area contributed by atoms with Crippen molar-refractivity contribution in [3.8, 4) is 16.9 Å². The number of alkyl halides is 6. The van der Waals surface area contributed by atoms with Crippen LogP contribution in [0.1, 0.15) is 31.4 Å². The zero-order chi connectivity index (χ0) is 25.2. The lowest BCUT2D eigenvalue weighted by atomic mass is 9.87. The molecular formula is C21H20F6O5S. The van der Waals surface area contributed by atoms with Crippen molar-refractivity contribution in [1.82, 2.24) is 0 Å². The largest absolute Gasteiger partial charge is 0.534 e. The summed E-state index contributed by atoms with van der Waals surface area (Å²) in [5, 5.41) is 9.47. The highest BCUT2D eigenvalue weighted by molar-refractivity contribution is 7.88. The van der Waals surface area contributed by atoms with Gasteiger partial charge in [0.25, 0.3) is 0 Å². The molecule has 0 saturated carbocycles. The van der Waals surface area contributed by atoms with Gasteiger partial charge in [0, 0.05) is 0 Å². The molecule has 0 saturated heterocycles. The highest BCUT2D eigenvalue weighted by atomic mass is 32.2. The van der Waals surface area contributed by atoms with Crippen LogP contribution in [0, 0.1) is 11.8 Å². The van der Waals surface area contributed by atoms with Crippen LogP contribution in [0.5, 0.6) is 5.75 Å². The topological polar surface area (TPSA) is 80.7 Å². The van der Waals surface area contributed by atoms with E-state index in [-0.39, 0.29) is 23.5 Å². The number of carbonyl (C=O) groups is 1. The van der Waals surface area contributed by atoms with Gasteiger partial charge < -0.3 is 9.29 Å². The molecule has 1 atom stereocenters. The van der Waals surface area contributed by atoms with Gasteiger partial charge in [-0.25, -0.2) is 0 Å². The van der Waals surface area contributed by atoms with Gasteiger partial charge in [0.1, 0.15) is 5.56 Å². The van der Waals surface area contributed by atoms with Gasteiger partial charge in [0.15, 0.2) is 5.75 Å². The molecule has 2 aromatic carbocycles. The number of aliphatic carboxylic acids is 1. The molecule has 1 N–H and O–H groups in total. The van der Waals surface area contributed by atoms with Crippen molar-refractivity contribution >= 4 is 16.1 Å². The summed E-state index contributed by atoms with van der Waals surface area (Å²) in [4.78, 5) is 11.6. The van der Waals surface area contributed by atoms with Crippen LogP contribution in [0.15, 0.2) is 42.5 Å². The van der Waals surface area contributed by atoms with Crippen molar-refractivity contribution in [1.29, 1.82) is 0 Å². The number of carboxylic acid groups (broad SMARTS) is 1. The highest BCUT2D eigenvalue weighted by Gasteiger charge is 2.50. The van der Waals surface area contributed by atoms with Crippen molar-refractivity contribution in [2.45, 2.75) is 38.4 Å². The van der Waals surface area contributed by atoms with E-state index in [1.807, 2.05) is 0 Å². The lowest BCUT2D eigenvalue weighted by molar-refractivity contribution is -0.144. The van der Waals surface area contributed by atoms with Crippen LogP contribution < -0.4 is 4.18 Å². The fourth-order valence-corrected chi connectivity index (χ4v) is 3.75. The number of hydrogen-bond donors (Lipinski definition) is 1. The molecule has 0 aliphatic heterocycles. The Kier molecular flexibility index (Phi) is 7.72. The average molecular weight is 498 g/mol. The second-order valence-corrected chi connectivity index (χ2v) is 9.26. The number of rotatable bonds is 8. The SMILES string of the molecule is CC(C)CC(Cc1cc(-c2ccccc2)cc(OS(=O)(=O)C(F)(F)F)c1C(F)(F)F)C(=O)O. The van der Waals surface area contributed by atoms with Crippen LogP contribution in [0.25, 0.3) is 11.1 Å². The van der Waals surface area contributed by atoms with Crippen LogP contribution >= 0.6 is 0 Å². The molecule has 0 bridgehead atoms. The zero-order valence-electron chi connectivity index (χ0n) is 17.4. The Bertz CT molecular complexity index is 1090. The molecule has 0 aliphatic carbocycles. The minimum Gasteiger partial charge on any atom is -0.481 e. The molecule has 33 heavy (non-hydrogen) atoms. The molecule has 2 aromatic rings. The molecule has 12 heteroatoms. The predicted molar refractivity (Wildman–Crippen MR) is 107 cm³/mol. The van der Waals surface area contributed by atoms with Crippen molar-refractivity contribution in [2.24, 2.45) is 11.8 Å². The monoisotopic (exact) mass is 498 g/mol. The average Bonchev–Trinajstić information content (AvgIpc) is 2.65. The summed E-state index contributed by atoms with van der Waals surface area (Å²) >= 11 is 0. The van der Waals surface area contributed by atoms with Crippen molar-refractivity contribution in [3.05, 3.63) is 53.6 Å². The fourth-order valence-electron chi connectivity index (χ4n) is 3.29. The third kappa shape index (κ3) is 6.62. The molecule has 1 unspecified atom stereocenters. The van der Waals surface area contributed by atoms with E-state index >= 15 is 0 Å². The first kappa shape index (κ1) is 26.5. The maximum Gasteiger partial charge on any atom is 0.534 e. The van der Waals surface area contributed by atoms with Crippen LogP contribution in [-0.2, 0) is 27.5 Å². The quantitative estimate of drug-likeness (QED) is 0.279. The van der Waals surface area contributed by atoms with Gasteiger partial charge in [0.2, 0.25) is 0 Å². The Labute approximate surface area is 186 Å². The van der Waals surface area contributed by atoms with E-state index in [1.165, 1.54) is 24.3 Å². The second kappa shape index (κ2) is 9.62. The molecule has 0 amide bonds. The summed E-state index contributed by atoms with van der Waals surface area (Å²) in [6.45, 7) is 3.32. The fraction of sp³-hybridized carbons (Fsp3) is 0.381. The molecule has 182 valence electrons. The first-order valence-electron chi connectivity index (χ1n) is 9.56. The van der Waals surface area contributed by atoms with Gasteiger partial charge in [-0.05, 0) is 41.5 Å². The summed E-state index contributed by atoms with van der Waals surface area (Å²) in [6.07, 6.45) is -6.05. The molecule has 0 aromatic heterocycles. The van der Waals surface area contributed by atoms with Gasteiger partial charge in [0.05, 0.1) is 5.92 Å². The molecule has 0 heterocycles. The van der Waals surface area contributed by atoms with E-state index in [4.69, 9.17) is 0 Å². The van der Waals surface area contributed by atoms with Gasteiger partial charge in [-0.2, -0.15) is 34.8 Å². The Morgan fingerprint density at radius 1 is 1.00 bits per heavy atom. The van der Waals surface area contributed by atoms with Gasteiger partial charge in [-0.3, -0.25) is 4.79 Å². The van der Waals surface area contributed by atoms with Gasteiger partial charge >= 0.3 is 27.8 Å². The van der Waals surface area contributed by atoms with E-state index in [1.54, 1.807) is 19.9 Å². The Morgan fingerprint density at radius 3 is 2.03 bits per heavy atom. The number of halogens is 6. The lowest BCUT2D eigenvalue weighted by Gasteiger charge is -2.22. The minimum absolute atomic E-state index is 0.0146. The molecule has 5 nitrogen and oxygen atoms in total. The molecule has 0 spiro atoms. The third-order valence-corrected chi connectivity index (χ3v) is 5.59. The normalized spacial score (nSPS) is 13.7. The van der Waals surface area contributed by atoms with Crippen LogP contribution in [0.2, 0.25) is 0 Å². The first-order valence-corrected chi connectivity index (χ1v) is 11.0. The van der Waals surface area contributed by atoms with Crippen LogP contribution in [0.4, 0.5) is 26.3 Å². The van der Waals surface area contributed by atoms with Gasteiger partial charge in [-0.1, -0.05) is 50.2 Å². The van der Waals surface area contributed by atoms with Crippen molar-refractivity contribution < 1.29 is 48.8 Å². The van der Waals surface area contributed by atoms with Crippen LogP contribution in [-0.4, -0.2) is 25.0 Å². The Morgan fingerprint density at radius 2 is 1.58 bits per heavy atom. The minimum atomic E-state index is -6.43. The van der Waals surface area contributed by atoms with Gasteiger partial charge in [-0.15, -0.1) is 0 Å². The summed E-state index contributed by atoms with van der Waals surface area (Å²) in [5.74, 6) is -4.49. The molecule has 2 rings (SSSR count). The third-order valence-electron chi connectivity index (χ3n) is 4.63. The van der Waals surface area contributed by atoms with E-state index in [0.717, 1.165) is 6.07 Å². The Balaban J connectivity index is 2.80. The summed E-state index contributed by atoms with van der Waals surface area (Å²) in [5.41, 5.74) is -8.24. The number of carboxylic acids is 1. The predicted octanol–water partition coefficient (Wildman–Crippen LogP) is 5.89. The van der Waals surface area contributed by atoms with Crippen molar-refractivity contribution in [2.75, 3.05) is 0 Å². The summed E-state index contributed by atoms with van der Waals surface area (Å²) in [6, 6.07) is 9.03. The van der Waals surface area contributed by atoms with E-state index in [0.29, 0.717) is 6.07 Å². The standard InChI is InChI=1S/C21H20F6O5S/c1-12(2)8-16(19(28)29)10-15-9-14(13-6-4-3-5-7-13)11-17(18(15)20(22,23)24)32-33(30,31)21(25,26)27/h3-7,9,11-12,16H,8,10H2,1-2H3,(H,28,29). The van der Waals surface area contributed by atoms with E-state index < -0.39 is 57.0 Å². The number of benzene rings is 2. The lowest BCUT2D eigenvalue weighted by Crippen LogP contribution is -2.29. The smallest absolute Gasteiger partial charge is 0.481 e. The van der Waals surface area contributed by atoms with E-state index in [9.17, 15) is 44.7 Å². The maximum absolute atomic E-state index is 13.9. The van der Waals surface area contributed by atoms with E-state index in [2.05, 4.69) is 4.18 Å². The number of hydrogen-bond acceptors (Lipinski definition) is 4. The molecule has 0 aliphatic rings. The Hall–Kier alpha value is -2.76. The highest BCUT2D eigenvalue weighted by Crippen LogP contribution is 2.44. The molecular weight excluding hydrogens is 478 g/mol. The van der Waals surface area contributed by atoms with Crippen LogP contribution in [0.3, 0.4) is 0 Å². The summed E-state index contributed by atoms with van der Waals surface area (Å²) < 4.78 is 107. The maximum atomic E-state index is 13.9. The zero-order valence-corrected chi connectivity index (χ0v) is 18.2. The second-order valence-electron chi connectivity index (χ2n) is 7.72. The molecule has 0 fully saturated rings. The van der Waals surface area contributed by atoms with Crippen molar-refractivity contribution in [3.63, 3.8) is 0 Å². The molecule has 0 radical (unpaired) electrons. The first-order chi connectivity index (χ1) is 15.0. The summed E-state index contributed by atoms with van der Waals surface area (Å²) in [7, 11) is -6.43.